The molecule has 0 fully saturated rings. The quantitative estimate of drug-likeness (QED) is 0.832. The lowest BCUT2D eigenvalue weighted by Crippen LogP contribution is -2.13. The lowest BCUT2D eigenvalue weighted by atomic mass is 10.1. The molecule has 6 heteroatoms. The molecule has 1 aromatic carbocycles. The minimum Gasteiger partial charge on any atom is -0.384 e. The van der Waals surface area contributed by atoms with Gasteiger partial charge in [-0.05, 0) is 25.1 Å². The number of aliphatic hydroxyl groups is 1. The fraction of sp³-hybridized carbons (Fsp3) is 0.143. The van der Waals surface area contributed by atoms with Gasteiger partial charge in [0.25, 0.3) is 5.91 Å². The summed E-state index contributed by atoms with van der Waals surface area (Å²) in [6.07, 6.45) is 1.35. The van der Waals surface area contributed by atoms with E-state index in [0.29, 0.717) is 27.6 Å². The molecule has 0 spiro atoms. The molecule has 0 aliphatic carbocycles. The maximum absolute atomic E-state index is 12.1. The number of aliphatic hydroxyl groups excluding tert-OH is 1. The first-order chi connectivity index (χ1) is 9.61. The summed E-state index contributed by atoms with van der Waals surface area (Å²) in [5, 5.41) is 15.5. The van der Waals surface area contributed by atoms with Crippen molar-refractivity contribution in [1.82, 2.24) is 5.16 Å². The van der Waals surface area contributed by atoms with Gasteiger partial charge in [0.1, 0.15) is 17.9 Å². The summed E-state index contributed by atoms with van der Waals surface area (Å²) >= 11 is 5.89. The average Bonchev–Trinajstić information content (AvgIpc) is 2.85. The second-order valence-electron chi connectivity index (χ2n) is 3.90. The standard InChI is InChI=1S/C14H11ClN2O3/c1-9-12(8-16-20-9)14(19)17-13-5-4-11(15)7-10(13)3-2-6-18/h4-5,7-8,18H,6H2,1H3,(H,17,19). The fourth-order valence-corrected chi connectivity index (χ4v) is 1.74. The van der Waals surface area contributed by atoms with Gasteiger partial charge in [-0.2, -0.15) is 0 Å². The Balaban J connectivity index is 2.29. The number of hydrogen-bond donors (Lipinski definition) is 2. The molecule has 102 valence electrons. The van der Waals surface area contributed by atoms with Gasteiger partial charge in [-0.25, -0.2) is 0 Å². The van der Waals surface area contributed by atoms with Crippen molar-refractivity contribution < 1.29 is 14.4 Å². The Labute approximate surface area is 120 Å². The van der Waals surface area contributed by atoms with Crippen LogP contribution in [0.2, 0.25) is 5.02 Å². The zero-order valence-electron chi connectivity index (χ0n) is 10.6. The normalized spacial score (nSPS) is 9.75. The Hall–Kier alpha value is -2.29. The second kappa shape index (κ2) is 6.24. The lowest BCUT2D eigenvalue weighted by molar-refractivity contribution is 0.102. The minimum absolute atomic E-state index is 0.273. The number of nitrogens with zero attached hydrogens (tertiary/aromatic N) is 1. The average molecular weight is 291 g/mol. The van der Waals surface area contributed by atoms with E-state index >= 15 is 0 Å². The molecule has 0 radical (unpaired) electrons. The number of aromatic nitrogens is 1. The van der Waals surface area contributed by atoms with Gasteiger partial charge in [0.05, 0.1) is 11.9 Å². The number of halogens is 1. The fourth-order valence-electron chi connectivity index (χ4n) is 1.57. The Bertz CT molecular complexity index is 698. The van der Waals surface area contributed by atoms with Gasteiger partial charge < -0.3 is 14.9 Å². The molecule has 0 aliphatic heterocycles. The number of amides is 1. The van der Waals surface area contributed by atoms with E-state index in [-0.39, 0.29) is 12.5 Å². The van der Waals surface area contributed by atoms with Crippen molar-refractivity contribution in [3.63, 3.8) is 0 Å². The molecule has 2 aromatic rings. The summed E-state index contributed by atoms with van der Waals surface area (Å²) < 4.78 is 4.84. The molecule has 1 aromatic heterocycles. The van der Waals surface area contributed by atoms with Crippen molar-refractivity contribution in [2.45, 2.75) is 6.92 Å². The van der Waals surface area contributed by atoms with Crippen LogP contribution in [0.3, 0.4) is 0 Å². The highest BCUT2D eigenvalue weighted by Crippen LogP contribution is 2.21. The zero-order chi connectivity index (χ0) is 14.5. The molecule has 0 atom stereocenters. The van der Waals surface area contributed by atoms with E-state index in [9.17, 15) is 4.79 Å². The van der Waals surface area contributed by atoms with E-state index in [4.69, 9.17) is 21.2 Å². The number of benzene rings is 1. The molecular formula is C14H11ClN2O3. The number of aryl methyl sites for hydroxylation is 1. The highest BCUT2D eigenvalue weighted by Gasteiger charge is 2.14. The first kappa shape index (κ1) is 14.1. The number of carbonyl (C=O) groups excluding carboxylic acids is 1. The van der Waals surface area contributed by atoms with E-state index in [0.717, 1.165) is 0 Å². The molecule has 0 saturated heterocycles. The van der Waals surface area contributed by atoms with Gasteiger partial charge in [0.2, 0.25) is 0 Å². The van der Waals surface area contributed by atoms with E-state index in [1.165, 1.54) is 6.20 Å². The number of rotatable bonds is 2. The highest BCUT2D eigenvalue weighted by atomic mass is 35.5. The minimum atomic E-state index is -0.349. The van der Waals surface area contributed by atoms with Crippen LogP contribution in [0.4, 0.5) is 5.69 Å². The number of hydrogen-bond acceptors (Lipinski definition) is 4. The molecule has 0 unspecified atom stereocenters. The number of anilines is 1. The van der Waals surface area contributed by atoms with Crippen molar-refractivity contribution in [3.05, 3.63) is 46.3 Å². The van der Waals surface area contributed by atoms with Crippen molar-refractivity contribution in [1.29, 1.82) is 0 Å². The predicted octanol–water partition coefficient (Wildman–Crippen LogP) is 2.23. The molecule has 1 heterocycles. The Morgan fingerprint density at radius 1 is 1.55 bits per heavy atom. The Morgan fingerprint density at radius 3 is 3.00 bits per heavy atom. The summed E-state index contributed by atoms with van der Waals surface area (Å²) in [5.74, 6) is 5.33. The van der Waals surface area contributed by atoms with Crippen molar-refractivity contribution in [2.75, 3.05) is 11.9 Å². The monoisotopic (exact) mass is 290 g/mol. The molecule has 0 saturated carbocycles. The molecule has 2 rings (SSSR count). The maximum atomic E-state index is 12.1. The van der Waals surface area contributed by atoms with Crippen LogP contribution in [0.1, 0.15) is 21.7 Å². The Morgan fingerprint density at radius 2 is 2.35 bits per heavy atom. The summed E-state index contributed by atoms with van der Waals surface area (Å²) in [7, 11) is 0. The first-order valence-electron chi connectivity index (χ1n) is 5.73. The van der Waals surface area contributed by atoms with Crippen LogP contribution in [-0.2, 0) is 0 Å². The third kappa shape index (κ3) is 3.18. The van der Waals surface area contributed by atoms with Gasteiger partial charge in [-0.1, -0.05) is 28.6 Å². The summed E-state index contributed by atoms with van der Waals surface area (Å²) in [4.78, 5) is 12.1. The van der Waals surface area contributed by atoms with Crippen LogP contribution in [0.15, 0.2) is 28.9 Å². The van der Waals surface area contributed by atoms with Crippen LogP contribution in [0, 0.1) is 18.8 Å². The number of carbonyl (C=O) groups is 1. The zero-order valence-corrected chi connectivity index (χ0v) is 11.4. The smallest absolute Gasteiger partial charge is 0.260 e. The SMILES string of the molecule is Cc1oncc1C(=O)Nc1ccc(Cl)cc1C#CCO. The van der Waals surface area contributed by atoms with Gasteiger partial charge in [-0.3, -0.25) is 4.79 Å². The number of nitrogens with one attached hydrogen (secondary N) is 1. The van der Waals surface area contributed by atoms with Crippen LogP contribution >= 0.6 is 11.6 Å². The Kier molecular flexibility index (Phi) is 4.41. The van der Waals surface area contributed by atoms with Gasteiger partial charge in [-0.15, -0.1) is 0 Å². The second-order valence-corrected chi connectivity index (χ2v) is 4.34. The molecule has 5 nitrogen and oxygen atoms in total. The van der Waals surface area contributed by atoms with Crippen molar-refractivity contribution in [3.8, 4) is 11.8 Å². The topological polar surface area (TPSA) is 75.4 Å². The molecule has 0 bridgehead atoms. The van der Waals surface area contributed by atoms with E-state index < -0.39 is 0 Å². The maximum Gasteiger partial charge on any atom is 0.260 e. The van der Waals surface area contributed by atoms with Crippen LogP contribution < -0.4 is 5.32 Å². The summed E-state index contributed by atoms with van der Waals surface area (Å²) in [6, 6.07) is 4.90. The molecular weight excluding hydrogens is 280 g/mol. The van der Waals surface area contributed by atoms with E-state index in [1.54, 1.807) is 25.1 Å². The third-order valence-electron chi connectivity index (χ3n) is 2.53. The molecule has 0 aliphatic rings. The lowest BCUT2D eigenvalue weighted by Gasteiger charge is -2.07. The van der Waals surface area contributed by atoms with Crippen LogP contribution in [-0.4, -0.2) is 22.8 Å². The highest BCUT2D eigenvalue weighted by molar-refractivity contribution is 6.30. The van der Waals surface area contributed by atoms with Crippen LogP contribution in [0.5, 0.6) is 0 Å². The predicted molar refractivity (Wildman–Crippen MR) is 74.6 cm³/mol. The van der Waals surface area contributed by atoms with E-state index in [1.807, 2.05) is 0 Å². The van der Waals surface area contributed by atoms with Gasteiger partial charge in [0.15, 0.2) is 0 Å². The van der Waals surface area contributed by atoms with Crippen LogP contribution in [0.25, 0.3) is 0 Å². The summed E-state index contributed by atoms with van der Waals surface area (Å²) in [6.45, 7) is 1.38. The molecule has 20 heavy (non-hydrogen) atoms. The molecule has 2 N–H and O–H groups in total. The largest absolute Gasteiger partial charge is 0.384 e. The van der Waals surface area contributed by atoms with Gasteiger partial charge in [0, 0.05) is 10.6 Å². The molecule has 1 amide bonds. The first-order valence-corrected chi connectivity index (χ1v) is 6.11. The van der Waals surface area contributed by atoms with Crippen molar-refractivity contribution in [2.24, 2.45) is 0 Å². The van der Waals surface area contributed by atoms with Crippen molar-refractivity contribution >= 4 is 23.2 Å². The van der Waals surface area contributed by atoms with E-state index in [2.05, 4.69) is 22.3 Å². The summed E-state index contributed by atoms with van der Waals surface area (Å²) in [5.41, 5.74) is 1.37. The van der Waals surface area contributed by atoms with Gasteiger partial charge >= 0.3 is 0 Å². The third-order valence-corrected chi connectivity index (χ3v) is 2.76.